The number of carbonyl (C=O) groups is 1. The molecule has 0 aliphatic heterocycles. The molecule has 22 heavy (non-hydrogen) atoms. The second-order valence-electron chi connectivity index (χ2n) is 5.48. The maximum atomic E-state index is 11.4. The number of nitrogens with one attached hydrogen (secondary N) is 2. The predicted octanol–water partition coefficient (Wildman–Crippen LogP) is 3.50. The molecule has 0 aromatic heterocycles. The summed E-state index contributed by atoms with van der Waals surface area (Å²) in [6.07, 6.45) is 0.360. The first-order valence-corrected chi connectivity index (χ1v) is 7.47. The third kappa shape index (κ3) is 7.90. The average molecular weight is 370 g/mol. The molecule has 6 nitrogen and oxygen atoms in total. The van der Waals surface area contributed by atoms with Crippen molar-refractivity contribution in [3.8, 4) is 0 Å². The van der Waals surface area contributed by atoms with Crippen LogP contribution >= 0.6 is 15.9 Å². The number of carbonyl (C=O) groups excluding carboxylic acids is 1. The summed E-state index contributed by atoms with van der Waals surface area (Å²) in [5.41, 5.74) is 2.94. The Morgan fingerprint density at radius 3 is 2.55 bits per heavy atom. The van der Waals surface area contributed by atoms with Crippen LogP contribution in [-0.4, -0.2) is 30.2 Å². The molecular weight excluding hydrogens is 350 g/mol. The number of hydrazone groups is 1. The zero-order valence-corrected chi connectivity index (χ0v) is 14.4. The van der Waals surface area contributed by atoms with Crippen molar-refractivity contribution in [1.82, 2.24) is 5.43 Å². The van der Waals surface area contributed by atoms with Gasteiger partial charge in [0, 0.05) is 10.7 Å². The van der Waals surface area contributed by atoms with Gasteiger partial charge in [0.05, 0.1) is 13.2 Å². The summed E-state index contributed by atoms with van der Waals surface area (Å²) >= 11 is 3.36. The van der Waals surface area contributed by atoms with E-state index in [4.69, 9.17) is 14.9 Å². The van der Waals surface area contributed by atoms with E-state index in [0.717, 1.165) is 16.3 Å². The minimum absolute atomic E-state index is 0.120. The molecule has 1 aromatic carbocycles. The maximum Gasteiger partial charge on any atom is 0.428 e. The molecule has 0 aliphatic rings. The van der Waals surface area contributed by atoms with E-state index in [1.165, 1.54) is 0 Å². The highest BCUT2D eigenvalue weighted by Crippen LogP contribution is 2.11. The molecule has 0 saturated carbocycles. The van der Waals surface area contributed by atoms with Crippen LogP contribution in [0.4, 0.5) is 4.79 Å². The number of rotatable bonds is 6. The standard InChI is InChI=1S/C15H20BrN3O3/c1-15(2,3)22-14(20)19-18-13(8-17)10-21-9-11-4-6-12(16)7-5-11/h4-8,17H,9-10H2,1-3H3,(H,19,20)/b17-8?,18-13+. The topological polar surface area (TPSA) is 83.8 Å². The highest BCUT2D eigenvalue weighted by molar-refractivity contribution is 9.10. The van der Waals surface area contributed by atoms with Gasteiger partial charge in [0.25, 0.3) is 0 Å². The minimum Gasteiger partial charge on any atom is -0.443 e. The van der Waals surface area contributed by atoms with E-state index >= 15 is 0 Å². The average Bonchev–Trinajstić information content (AvgIpc) is 2.42. The van der Waals surface area contributed by atoms with Crippen molar-refractivity contribution < 1.29 is 14.3 Å². The van der Waals surface area contributed by atoms with Crippen molar-refractivity contribution in [2.45, 2.75) is 33.0 Å². The zero-order chi connectivity index (χ0) is 16.6. The van der Waals surface area contributed by atoms with Gasteiger partial charge in [-0.25, -0.2) is 10.2 Å². The molecule has 1 amide bonds. The zero-order valence-electron chi connectivity index (χ0n) is 12.9. The SMILES string of the molecule is CC(C)(C)OC(=O)N/N=C(\C=N)COCc1ccc(Br)cc1. The molecule has 2 N–H and O–H groups in total. The fraction of sp³-hybridized carbons (Fsp3) is 0.400. The fourth-order valence-electron chi connectivity index (χ4n) is 1.38. The molecule has 0 atom stereocenters. The van der Waals surface area contributed by atoms with Crippen molar-refractivity contribution >= 4 is 33.9 Å². The number of hydrogen-bond donors (Lipinski definition) is 2. The molecule has 0 unspecified atom stereocenters. The lowest BCUT2D eigenvalue weighted by atomic mass is 10.2. The Morgan fingerprint density at radius 1 is 1.36 bits per heavy atom. The summed E-state index contributed by atoms with van der Waals surface area (Å²) in [6, 6.07) is 7.72. The number of benzene rings is 1. The van der Waals surface area contributed by atoms with Crippen molar-refractivity contribution in [2.75, 3.05) is 6.61 Å². The van der Waals surface area contributed by atoms with Crippen molar-refractivity contribution in [2.24, 2.45) is 5.10 Å². The molecule has 0 heterocycles. The van der Waals surface area contributed by atoms with Crippen LogP contribution in [0.25, 0.3) is 0 Å². The highest BCUT2D eigenvalue weighted by atomic mass is 79.9. The minimum atomic E-state index is -0.667. The van der Waals surface area contributed by atoms with E-state index in [1.807, 2.05) is 24.3 Å². The number of ether oxygens (including phenoxy) is 2. The van der Waals surface area contributed by atoms with Gasteiger partial charge in [-0.15, -0.1) is 0 Å². The molecule has 120 valence electrons. The van der Waals surface area contributed by atoms with E-state index in [0.29, 0.717) is 12.3 Å². The van der Waals surface area contributed by atoms with Gasteiger partial charge in [0.1, 0.15) is 11.3 Å². The highest BCUT2D eigenvalue weighted by Gasteiger charge is 2.15. The van der Waals surface area contributed by atoms with Gasteiger partial charge in [-0.05, 0) is 38.5 Å². The second kappa shape index (κ2) is 8.65. The lowest BCUT2D eigenvalue weighted by molar-refractivity contribution is 0.0529. The van der Waals surface area contributed by atoms with Crippen molar-refractivity contribution in [1.29, 1.82) is 5.41 Å². The third-order valence-corrected chi connectivity index (χ3v) is 2.82. The molecule has 0 fully saturated rings. The lowest BCUT2D eigenvalue weighted by Gasteiger charge is -2.18. The van der Waals surface area contributed by atoms with Gasteiger partial charge >= 0.3 is 6.09 Å². The Bertz CT molecular complexity index is 536. The molecule has 0 saturated heterocycles. The van der Waals surface area contributed by atoms with E-state index in [1.54, 1.807) is 20.8 Å². The van der Waals surface area contributed by atoms with Gasteiger partial charge in [-0.3, -0.25) is 0 Å². The lowest BCUT2D eigenvalue weighted by Crippen LogP contribution is -2.31. The molecule has 0 spiro atoms. The van der Waals surface area contributed by atoms with E-state index in [-0.39, 0.29) is 6.61 Å². The monoisotopic (exact) mass is 369 g/mol. The van der Waals surface area contributed by atoms with Crippen LogP contribution in [0.3, 0.4) is 0 Å². The number of amides is 1. The quantitative estimate of drug-likeness (QED) is 0.594. The maximum absolute atomic E-state index is 11.4. The molecule has 0 aliphatic carbocycles. The molecule has 1 aromatic rings. The van der Waals surface area contributed by atoms with Crippen molar-refractivity contribution in [3.05, 3.63) is 34.3 Å². The Kier molecular flexibility index (Phi) is 7.20. The first-order valence-electron chi connectivity index (χ1n) is 6.68. The summed E-state index contributed by atoms with van der Waals surface area (Å²) in [5, 5.41) is 11.0. The fourth-order valence-corrected chi connectivity index (χ4v) is 1.64. The van der Waals surface area contributed by atoms with Gasteiger partial charge in [-0.2, -0.15) is 5.10 Å². The van der Waals surface area contributed by atoms with Crippen LogP contribution in [0.2, 0.25) is 0 Å². The van der Waals surface area contributed by atoms with Crippen LogP contribution in [0, 0.1) is 5.41 Å². The van der Waals surface area contributed by atoms with Gasteiger partial charge in [-0.1, -0.05) is 28.1 Å². The van der Waals surface area contributed by atoms with E-state index in [9.17, 15) is 4.79 Å². The summed E-state index contributed by atoms with van der Waals surface area (Å²) < 4.78 is 11.5. The van der Waals surface area contributed by atoms with E-state index < -0.39 is 11.7 Å². The predicted molar refractivity (Wildman–Crippen MR) is 89.4 cm³/mol. The Morgan fingerprint density at radius 2 is 2.00 bits per heavy atom. The summed E-state index contributed by atoms with van der Waals surface area (Å²) in [4.78, 5) is 11.4. The van der Waals surface area contributed by atoms with Crippen LogP contribution in [0.15, 0.2) is 33.8 Å². The van der Waals surface area contributed by atoms with E-state index in [2.05, 4.69) is 26.5 Å². The first-order chi connectivity index (χ1) is 10.3. The number of halogens is 1. The molecule has 1 rings (SSSR count). The van der Waals surface area contributed by atoms with Crippen LogP contribution in [-0.2, 0) is 16.1 Å². The number of nitrogens with zero attached hydrogens (tertiary/aromatic N) is 1. The molecule has 0 radical (unpaired) electrons. The third-order valence-electron chi connectivity index (χ3n) is 2.29. The summed E-state index contributed by atoms with van der Waals surface area (Å²) in [5.74, 6) is 0. The van der Waals surface area contributed by atoms with Gasteiger partial charge in [0.15, 0.2) is 0 Å². The summed E-state index contributed by atoms with van der Waals surface area (Å²) in [7, 11) is 0. The normalized spacial score (nSPS) is 11.9. The van der Waals surface area contributed by atoms with Crippen molar-refractivity contribution in [3.63, 3.8) is 0 Å². The largest absolute Gasteiger partial charge is 0.443 e. The number of hydrogen-bond acceptors (Lipinski definition) is 5. The van der Waals surface area contributed by atoms with Gasteiger partial charge < -0.3 is 14.9 Å². The first kappa shape index (κ1) is 18.3. The Labute approximate surface area is 138 Å². The summed E-state index contributed by atoms with van der Waals surface area (Å²) in [6.45, 7) is 5.79. The molecule has 0 bridgehead atoms. The van der Waals surface area contributed by atoms with Gasteiger partial charge in [0.2, 0.25) is 0 Å². The van der Waals surface area contributed by atoms with Crippen LogP contribution < -0.4 is 5.43 Å². The second-order valence-corrected chi connectivity index (χ2v) is 6.40. The van der Waals surface area contributed by atoms with Crippen LogP contribution in [0.5, 0.6) is 0 Å². The Hall–Kier alpha value is -1.73. The smallest absolute Gasteiger partial charge is 0.428 e. The molecular formula is C15H20BrN3O3. The van der Waals surface area contributed by atoms with Crippen LogP contribution in [0.1, 0.15) is 26.3 Å². The Balaban J connectivity index is 2.41. The molecule has 7 heteroatoms.